The maximum absolute atomic E-state index is 13.6. The summed E-state index contributed by atoms with van der Waals surface area (Å²) in [6, 6.07) is 7.09. The molecule has 2 atom stereocenters. The average Bonchev–Trinajstić information content (AvgIpc) is 2.36. The van der Waals surface area contributed by atoms with Crippen molar-refractivity contribution >= 4 is 0 Å². The van der Waals surface area contributed by atoms with E-state index in [2.05, 4.69) is 26.1 Å². The summed E-state index contributed by atoms with van der Waals surface area (Å²) in [4.78, 5) is 0. The molecular formula is C17H26FNO. The maximum atomic E-state index is 13.6. The summed E-state index contributed by atoms with van der Waals surface area (Å²) in [6.07, 6.45) is 4.16. The van der Waals surface area contributed by atoms with Gasteiger partial charge in [-0.3, -0.25) is 5.32 Å². The van der Waals surface area contributed by atoms with Gasteiger partial charge in [0.1, 0.15) is 12.0 Å². The lowest BCUT2D eigenvalue weighted by Crippen LogP contribution is -2.44. The van der Waals surface area contributed by atoms with E-state index in [4.69, 9.17) is 4.74 Å². The van der Waals surface area contributed by atoms with Crippen LogP contribution in [0, 0.1) is 11.7 Å². The van der Waals surface area contributed by atoms with Crippen LogP contribution in [0.4, 0.5) is 4.39 Å². The van der Waals surface area contributed by atoms with Crippen LogP contribution < -0.4 is 5.32 Å². The zero-order valence-electron chi connectivity index (χ0n) is 12.8. The fraction of sp³-hybridized carbons (Fsp3) is 0.647. The predicted octanol–water partition coefficient (Wildman–Crippen LogP) is 3.90. The molecule has 0 saturated carbocycles. The van der Waals surface area contributed by atoms with Crippen LogP contribution in [-0.4, -0.2) is 18.4 Å². The molecule has 1 saturated heterocycles. The summed E-state index contributed by atoms with van der Waals surface area (Å²) in [5.74, 6) is 0.534. The van der Waals surface area contributed by atoms with Crippen LogP contribution in [-0.2, 0) is 11.2 Å². The van der Waals surface area contributed by atoms with Gasteiger partial charge >= 0.3 is 0 Å². The lowest BCUT2D eigenvalue weighted by atomic mass is 9.90. The molecule has 1 aromatic carbocycles. The Morgan fingerprint density at radius 1 is 1.30 bits per heavy atom. The van der Waals surface area contributed by atoms with Gasteiger partial charge < -0.3 is 4.74 Å². The van der Waals surface area contributed by atoms with Gasteiger partial charge in [-0.05, 0) is 70.5 Å². The van der Waals surface area contributed by atoms with Crippen molar-refractivity contribution in [2.75, 3.05) is 6.54 Å². The number of nitrogens with one attached hydrogen (secondary N) is 1. The molecule has 0 aromatic heterocycles. The molecule has 0 bridgehead atoms. The van der Waals surface area contributed by atoms with Gasteiger partial charge in [0.2, 0.25) is 0 Å². The van der Waals surface area contributed by atoms with E-state index < -0.39 is 0 Å². The Hall–Kier alpha value is -0.930. The number of piperidine rings is 1. The van der Waals surface area contributed by atoms with Crippen LogP contribution in [0.5, 0.6) is 0 Å². The van der Waals surface area contributed by atoms with E-state index in [9.17, 15) is 4.39 Å². The zero-order valence-corrected chi connectivity index (χ0v) is 12.8. The minimum atomic E-state index is -0.120. The van der Waals surface area contributed by atoms with Crippen molar-refractivity contribution in [2.24, 2.45) is 5.92 Å². The van der Waals surface area contributed by atoms with Crippen molar-refractivity contribution in [1.82, 2.24) is 5.32 Å². The third kappa shape index (κ3) is 4.88. The Morgan fingerprint density at radius 3 is 2.75 bits per heavy atom. The molecule has 1 aliphatic rings. The summed E-state index contributed by atoms with van der Waals surface area (Å²) in [7, 11) is 0. The highest BCUT2D eigenvalue weighted by atomic mass is 19.1. The molecule has 1 N–H and O–H groups in total. The Balaban J connectivity index is 1.83. The fourth-order valence-corrected chi connectivity index (χ4v) is 2.79. The van der Waals surface area contributed by atoms with E-state index in [1.807, 2.05) is 12.1 Å². The van der Waals surface area contributed by atoms with Gasteiger partial charge in [-0.25, -0.2) is 4.39 Å². The summed E-state index contributed by atoms with van der Waals surface area (Å²) in [5, 5.41) is 3.42. The highest BCUT2D eigenvalue weighted by Gasteiger charge is 2.25. The van der Waals surface area contributed by atoms with Crippen LogP contribution >= 0.6 is 0 Å². The smallest absolute Gasteiger partial charge is 0.126 e. The molecule has 2 nitrogen and oxygen atoms in total. The molecule has 1 aliphatic heterocycles. The number of rotatable bonds is 4. The SMILES string of the molecule is CC(C)(C)OC1CC(CCc2ccccc2F)CCN1. The van der Waals surface area contributed by atoms with Crippen molar-refractivity contribution in [1.29, 1.82) is 0 Å². The first-order valence-corrected chi connectivity index (χ1v) is 7.58. The second-order valence-corrected chi connectivity index (χ2v) is 6.69. The van der Waals surface area contributed by atoms with E-state index in [0.29, 0.717) is 5.92 Å². The monoisotopic (exact) mass is 279 g/mol. The van der Waals surface area contributed by atoms with Crippen molar-refractivity contribution in [3.63, 3.8) is 0 Å². The number of aryl methyl sites for hydroxylation is 1. The Morgan fingerprint density at radius 2 is 2.05 bits per heavy atom. The second-order valence-electron chi connectivity index (χ2n) is 6.69. The molecule has 2 rings (SSSR count). The van der Waals surface area contributed by atoms with Crippen LogP contribution in [0.25, 0.3) is 0 Å². The average molecular weight is 279 g/mol. The lowest BCUT2D eigenvalue weighted by Gasteiger charge is -2.34. The van der Waals surface area contributed by atoms with E-state index >= 15 is 0 Å². The molecule has 0 radical (unpaired) electrons. The first kappa shape index (κ1) is 15.5. The molecule has 1 heterocycles. The summed E-state index contributed by atoms with van der Waals surface area (Å²) >= 11 is 0. The number of hydrogen-bond donors (Lipinski definition) is 1. The molecule has 0 spiro atoms. The van der Waals surface area contributed by atoms with Gasteiger partial charge in [0, 0.05) is 0 Å². The number of ether oxygens (including phenoxy) is 1. The molecular weight excluding hydrogens is 253 g/mol. The molecule has 20 heavy (non-hydrogen) atoms. The molecule has 112 valence electrons. The predicted molar refractivity (Wildman–Crippen MR) is 80.1 cm³/mol. The van der Waals surface area contributed by atoms with E-state index in [1.54, 1.807) is 12.1 Å². The van der Waals surface area contributed by atoms with Crippen molar-refractivity contribution in [3.8, 4) is 0 Å². The second kappa shape index (κ2) is 6.68. The van der Waals surface area contributed by atoms with Crippen molar-refractivity contribution in [3.05, 3.63) is 35.6 Å². The molecule has 1 aromatic rings. The fourth-order valence-electron chi connectivity index (χ4n) is 2.79. The number of benzene rings is 1. The van der Waals surface area contributed by atoms with Crippen LogP contribution in [0.1, 0.15) is 45.6 Å². The van der Waals surface area contributed by atoms with Crippen LogP contribution in [0.2, 0.25) is 0 Å². The summed E-state index contributed by atoms with van der Waals surface area (Å²) in [5.41, 5.74) is 0.713. The van der Waals surface area contributed by atoms with E-state index in [0.717, 1.165) is 37.8 Å². The highest BCUT2D eigenvalue weighted by Crippen LogP contribution is 2.25. The minimum Gasteiger partial charge on any atom is -0.358 e. The summed E-state index contributed by atoms with van der Waals surface area (Å²) < 4.78 is 19.6. The van der Waals surface area contributed by atoms with Gasteiger partial charge in [0.05, 0.1) is 5.60 Å². The third-order valence-corrected chi connectivity index (χ3v) is 3.75. The standard InChI is InChI=1S/C17H26FNO/c1-17(2,3)20-16-12-13(10-11-19-16)8-9-14-6-4-5-7-15(14)18/h4-7,13,16,19H,8-12H2,1-3H3. The summed E-state index contributed by atoms with van der Waals surface area (Å²) in [6.45, 7) is 7.23. The zero-order chi connectivity index (χ0) is 14.6. The van der Waals surface area contributed by atoms with E-state index in [-0.39, 0.29) is 17.6 Å². The largest absolute Gasteiger partial charge is 0.358 e. The van der Waals surface area contributed by atoms with Crippen molar-refractivity contribution in [2.45, 2.75) is 58.3 Å². The van der Waals surface area contributed by atoms with Gasteiger partial charge in [-0.15, -0.1) is 0 Å². The van der Waals surface area contributed by atoms with Gasteiger partial charge in [0.15, 0.2) is 0 Å². The quantitative estimate of drug-likeness (QED) is 0.902. The number of hydrogen-bond acceptors (Lipinski definition) is 2. The normalized spacial score (nSPS) is 23.8. The Kier molecular flexibility index (Phi) is 5.17. The van der Waals surface area contributed by atoms with Crippen molar-refractivity contribution < 1.29 is 9.13 Å². The van der Waals surface area contributed by atoms with Gasteiger partial charge in [-0.1, -0.05) is 18.2 Å². The van der Waals surface area contributed by atoms with Gasteiger partial charge in [0.25, 0.3) is 0 Å². The first-order chi connectivity index (χ1) is 9.44. The molecule has 2 unspecified atom stereocenters. The maximum Gasteiger partial charge on any atom is 0.126 e. The molecule has 0 aliphatic carbocycles. The van der Waals surface area contributed by atoms with Crippen LogP contribution in [0.15, 0.2) is 24.3 Å². The highest BCUT2D eigenvalue weighted by molar-refractivity contribution is 5.17. The third-order valence-electron chi connectivity index (χ3n) is 3.75. The molecule has 3 heteroatoms. The van der Waals surface area contributed by atoms with Crippen LogP contribution in [0.3, 0.4) is 0 Å². The molecule has 0 amide bonds. The number of halogens is 1. The Labute approximate surface area is 121 Å². The Bertz CT molecular complexity index is 427. The first-order valence-electron chi connectivity index (χ1n) is 7.58. The lowest BCUT2D eigenvalue weighted by molar-refractivity contribution is -0.0928. The topological polar surface area (TPSA) is 21.3 Å². The van der Waals surface area contributed by atoms with Gasteiger partial charge in [-0.2, -0.15) is 0 Å². The molecule has 1 fully saturated rings. The van der Waals surface area contributed by atoms with E-state index in [1.165, 1.54) is 0 Å². The minimum absolute atomic E-state index is 0.0797.